The fourth-order valence-corrected chi connectivity index (χ4v) is 2.74. The molecule has 1 saturated carbocycles. The molecule has 2 aliphatic rings. The Kier molecular flexibility index (Phi) is 2.74. The van der Waals surface area contributed by atoms with Crippen molar-refractivity contribution in [2.75, 3.05) is 0 Å². The Labute approximate surface area is 118 Å². The van der Waals surface area contributed by atoms with Gasteiger partial charge in [0, 0.05) is 13.1 Å². The summed E-state index contributed by atoms with van der Waals surface area (Å²) in [6.07, 6.45) is 5.55. The van der Waals surface area contributed by atoms with Crippen LogP contribution >= 0.6 is 28.1 Å². The van der Waals surface area contributed by atoms with Crippen molar-refractivity contribution in [1.82, 2.24) is 20.0 Å². The molecule has 5 nitrogen and oxygen atoms in total. The number of hydrogen-bond donors (Lipinski definition) is 1. The van der Waals surface area contributed by atoms with Crippen molar-refractivity contribution < 1.29 is 4.79 Å². The van der Waals surface area contributed by atoms with E-state index in [0.717, 1.165) is 23.0 Å². The first kappa shape index (κ1) is 11.9. The fraction of sp³-hybridized carbons (Fsp3) is 0.364. The molecule has 1 N–H and O–H groups in total. The molecule has 1 saturated heterocycles. The van der Waals surface area contributed by atoms with Gasteiger partial charge in [0.15, 0.2) is 5.11 Å². The number of nitrogens with zero attached hydrogens (tertiary/aromatic N) is 3. The SMILES string of the molecule is Cn1ncc(Br)c1/C=C1/NC(=S)N(C2CC2)C1=O. The van der Waals surface area contributed by atoms with Crippen LogP contribution in [0.3, 0.4) is 0 Å². The van der Waals surface area contributed by atoms with E-state index in [9.17, 15) is 4.79 Å². The topological polar surface area (TPSA) is 50.2 Å². The molecule has 1 aliphatic carbocycles. The molecule has 0 spiro atoms. The molecule has 7 heteroatoms. The molecule has 3 rings (SSSR count). The van der Waals surface area contributed by atoms with Gasteiger partial charge < -0.3 is 5.32 Å². The minimum atomic E-state index is -0.0457. The Bertz CT molecular complexity index is 556. The summed E-state index contributed by atoms with van der Waals surface area (Å²) in [5, 5.41) is 7.59. The predicted octanol–water partition coefficient (Wildman–Crippen LogP) is 1.40. The summed E-state index contributed by atoms with van der Waals surface area (Å²) in [7, 11) is 1.83. The molecule has 0 bridgehead atoms. The number of aryl methyl sites for hydroxylation is 1. The third-order valence-electron chi connectivity index (χ3n) is 3.04. The van der Waals surface area contributed by atoms with Crippen molar-refractivity contribution in [2.45, 2.75) is 18.9 Å². The summed E-state index contributed by atoms with van der Waals surface area (Å²) in [6.45, 7) is 0. The first-order valence-electron chi connectivity index (χ1n) is 5.61. The molecule has 0 atom stereocenters. The van der Waals surface area contributed by atoms with Gasteiger partial charge >= 0.3 is 0 Å². The summed E-state index contributed by atoms with van der Waals surface area (Å²) >= 11 is 8.59. The van der Waals surface area contributed by atoms with Gasteiger partial charge in [0.05, 0.1) is 16.4 Å². The highest BCUT2D eigenvalue weighted by Crippen LogP contribution is 2.31. The van der Waals surface area contributed by atoms with Gasteiger partial charge in [-0.2, -0.15) is 5.10 Å². The van der Waals surface area contributed by atoms with E-state index in [-0.39, 0.29) is 5.91 Å². The third kappa shape index (κ3) is 1.87. The van der Waals surface area contributed by atoms with Crippen molar-refractivity contribution >= 4 is 45.2 Å². The molecular formula is C11H11BrN4OS. The predicted molar refractivity (Wildman–Crippen MR) is 74.5 cm³/mol. The Hall–Kier alpha value is -1.21. The lowest BCUT2D eigenvalue weighted by molar-refractivity contribution is -0.122. The highest BCUT2D eigenvalue weighted by molar-refractivity contribution is 9.10. The first-order chi connectivity index (χ1) is 8.58. The third-order valence-corrected chi connectivity index (χ3v) is 3.95. The molecule has 0 aromatic carbocycles. The van der Waals surface area contributed by atoms with Crippen molar-refractivity contribution in [3.8, 4) is 0 Å². The summed E-state index contributed by atoms with van der Waals surface area (Å²) in [5.41, 5.74) is 1.35. The van der Waals surface area contributed by atoms with Gasteiger partial charge in [-0.25, -0.2) is 0 Å². The Morgan fingerprint density at radius 3 is 2.89 bits per heavy atom. The molecule has 2 heterocycles. The zero-order valence-corrected chi connectivity index (χ0v) is 12.1. The van der Waals surface area contributed by atoms with E-state index in [1.165, 1.54) is 0 Å². The molecule has 94 valence electrons. The van der Waals surface area contributed by atoms with E-state index in [0.29, 0.717) is 16.9 Å². The van der Waals surface area contributed by atoms with Gasteiger partial charge in [-0.15, -0.1) is 0 Å². The summed E-state index contributed by atoms with van der Waals surface area (Å²) in [4.78, 5) is 13.9. The Balaban J connectivity index is 1.94. The number of amides is 1. The van der Waals surface area contributed by atoms with Crippen LogP contribution in [0.25, 0.3) is 6.08 Å². The normalized spacial score (nSPS) is 21.9. The Morgan fingerprint density at radius 2 is 2.33 bits per heavy atom. The number of carbonyl (C=O) groups excluding carboxylic acids is 1. The van der Waals surface area contributed by atoms with Crippen LogP contribution in [0, 0.1) is 0 Å². The van der Waals surface area contributed by atoms with Crippen LogP contribution in [0.5, 0.6) is 0 Å². The second kappa shape index (κ2) is 4.17. The second-order valence-electron chi connectivity index (χ2n) is 4.40. The summed E-state index contributed by atoms with van der Waals surface area (Å²) < 4.78 is 2.55. The van der Waals surface area contributed by atoms with Crippen LogP contribution in [0.1, 0.15) is 18.5 Å². The standard InChI is InChI=1S/C11H11BrN4OS/c1-15-9(7(12)5-13-15)4-8-10(17)16(6-2-3-6)11(18)14-8/h4-6H,2-3H2,1H3,(H,14,18)/b8-4+. The van der Waals surface area contributed by atoms with Gasteiger partial charge in [-0.3, -0.25) is 14.4 Å². The largest absolute Gasteiger partial charge is 0.328 e. The van der Waals surface area contributed by atoms with Crippen LogP contribution in [0.4, 0.5) is 0 Å². The molecule has 2 fully saturated rings. The molecule has 1 amide bonds. The number of halogens is 1. The number of aromatic nitrogens is 2. The van der Waals surface area contributed by atoms with Gasteiger partial charge in [0.25, 0.3) is 5.91 Å². The van der Waals surface area contributed by atoms with Crippen LogP contribution in [-0.2, 0) is 11.8 Å². The maximum atomic E-state index is 12.2. The number of nitrogens with one attached hydrogen (secondary N) is 1. The molecule has 0 radical (unpaired) electrons. The lowest BCUT2D eigenvalue weighted by atomic mass is 10.3. The summed E-state index contributed by atoms with van der Waals surface area (Å²) in [5.74, 6) is -0.0457. The summed E-state index contributed by atoms with van der Waals surface area (Å²) in [6, 6.07) is 0.290. The van der Waals surface area contributed by atoms with Gasteiger partial charge in [-0.05, 0) is 47.1 Å². The van der Waals surface area contributed by atoms with Gasteiger partial charge in [0.1, 0.15) is 5.70 Å². The van der Waals surface area contributed by atoms with Crippen molar-refractivity contribution in [3.63, 3.8) is 0 Å². The van der Waals surface area contributed by atoms with Crippen LogP contribution < -0.4 is 5.32 Å². The molecule has 1 aromatic rings. The molecule has 1 aromatic heterocycles. The van der Waals surface area contributed by atoms with Gasteiger partial charge in [0.2, 0.25) is 0 Å². The Morgan fingerprint density at radius 1 is 1.61 bits per heavy atom. The highest BCUT2D eigenvalue weighted by Gasteiger charge is 2.41. The minimum Gasteiger partial charge on any atom is -0.328 e. The lowest BCUT2D eigenvalue weighted by Gasteiger charge is -2.11. The lowest BCUT2D eigenvalue weighted by Crippen LogP contribution is -2.32. The molecule has 0 unspecified atom stereocenters. The van der Waals surface area contributed by atoms with E-state index < -0.39 is 0 Å². The zero-order valence-electron chi connectivity index (χ0n) is 9.68. The highest BCUT2D eigenvalue weighted by atomic mass is 79.9. The second-order valence-corrected chi connectivity index (χ2v) is 5.64. The minimum absolute atomic E-state index is 0.0457. The number of hydrogen-bond acceptors (Lipinski definition) is 3. The maximum Gasteiger partial charge on any atom is 0.276 e. The molecular weight excluding hydrogens is 316 g/mol. The number of rotatable bonds is 2. The number of thiocarbonyl (C=S) groups is 1. The van der Waals surface area contributed by atoms with E-state index >= 15 is 0 Å². The van der Waals surface area contributed by atoms with Crippen molar-refractivity contribution in [3.05, 3.63) is 22.1 Å². The average molecular weight is 327 g/mol. The maximum absolute atomic E-state index is 12.2. The number of carbonyl (C=O) groups is 1. The van der Waals surface area contributed by atoms with E-state index in [4.69, 9.17) is 12.2 Å². The van der Waals surface area contributed by atoms with Crippen molar-refractivity contribution in [2.24, 2.45) is 7.05 Å². The fourth-order valence-electron chi connectivity index (χ4n) is 1.93. The van der Waals surface area contributed by atoms with Gasteiger partial charge in [-0.1, -0.05) is 0 Å². The van der Waals surface area contributed by atoms with Crippen LogP contribution in [0.15, 0.2) is 16.4 Å². The van der Waals surface area contributed by atoms with E-state index in [2.05, 4.69) is 26.3 Å². The average Bonchev–Trinajstić information content (AvgIpc) is 3.05. The smallest absolute Gasteiger partial charge is 0.276 e. The van der Waals surface area contributed by atoms with E-state index in [1.807, 2.05) is 7.05 Å². The van der Waals surface area contributed by atoms with Crippen LogP contribution in [-0.4, -0.2) is 31.7 Å². The zero-order chi connectivity index (χ0) is 12.9. The van der Waals surface area contributed by atoms with Crippen molar-refractivity contribution in [1.29, 1.82) is 0 Å². The van der Waals surface area contributed by atoms with Crippen LogP contribution in [0.2, 0.25) is 0 Å². The molecule has 1 aliphatic heterocycles. The van der Waals surface area contributed by atoms with E-state index in [1.54, 1.807) is 21.9 Å². The first-order valence-corrected chi connectivity index (χ1v) is 6.82. The monoisotopic (exact) mass is 326 g/mol. The molecule has 18 heavy (non-hydrogen) atoms. The quantitative estimate of drug-likeness (QED) is 0.659.